The molecular formula is C26H40N6O6. The van der Waals surface area contributed by atoms with Crippen LogP contribution in [0.25, 0.3) is 10.9 Å². The number of nitrogens with two attached hydrogens (primary N) is 2. The van der Waals surface area contributed by atoms with Crippen LogP contribution in [0.2, 0.25) is 0 Å². The zero-order chi connectivity index (χ0) is 28.4. The van der Waals surface area contributed by atoms with E-state index in [0.29, 0.717) is 19.4 Å². The summed E-state index contributed by atoms with van der Waals surface area (Å²) in [5.74, 6) is -3.63. The molecule has 5 unspecified atom stereocenters. The van der Waals surface area contributed by atoms with Crippen LogP contribution in [0.4, 0.5) is 0 Å². The fourth-order valence-corrected chi connectivity index (χ4v) is 4.09. The molecule has 1 heterocycles. The van der Waals surface area contributed by atoms with Gasteiger partial charge in [-0.15, -0.1) is 0 Å². The van der Waals surface area contributed by atoms with E-state index in [9.17, 15) is 29.4 Å². The zero-order valence-electron chi connectivity index (χ0n) is 22.1. The Kier molecular flexibility index (Phi) is 11.7. The molecule has 5 atom stereocenters. The highest BCUT2D eigenvalue weighted by Crippen LogP contribution is 2.19. The lowest BCUT2D eigenvalue weighted by Gasteiger charge is -2.27. The first kappa shape index (κ1) is 30.7. The molecule has 0 aliphatic heterocycles. The minimum absolute atomic E-state index is 0.194. The third-order valence-electron chi connectivity index (χ3n) is 6.32. The van der Waals surface area contributed by atoms with Gasteiger partial charge in [0, 0.05) is 17.1 Å². The van der Waals surface area contributed by atoms with Crippen molar-refractivity contribution in [3.63, 3.8) is 0 Å². The summed E-state index contributed by atoms with van der Waals surface area (Å²) in [6.45, 7) is 5.11. The lowest BCUT2D eigenvalue weighted by molar-refractivity contribution is -0.145. The molecule has 10 N–H and O–H groups in total. The monoisotopic (exact) mass is 532 g/mol. The summed E-state index contributed by atoms with van der Waals surface area (Å²) in [5, 5.41) is 27.6. The molecule has 0 radical (unpaired) electrons. The SMILES string of the molecule is CC(C)C(NC(=O)C(N)Cc1c[nH]c2ccccc12)C(=O)NC(CCCCN)C(=O)NC(C(=O)O)C(C)O. The van der Waals surface area contributed by atoms with Crippen LogP contribution >= 0.6 is 0 Å². The molecule has 2 aromatic rings. The van der Waals surface area contributed by atoms with Crippen LogP contribution in [0.3, 0.4) is 0 Å². The molecule has 3 amide bonds. The number of para-hydroxylation sites is 1. The molecule has 2 rings (SSSR count). The first-order chi connectivity index (χ1) is 18.0. The highest BCUT2D eigenvalue weighted by atomic mass is 16.4. The van der Waals surface area contributed by atoms with Crippen molar-refractivity contribution in [2.75, 3.05) is 6.54 Å². The first-order valence-electron chi connectivity index (χ1n) is 12.8. The number of carboxylic acid groups (broad SMARTS) is 1. The van der Waals surface area contributed by atoms with E-state index in [1.165, 1.54) is 6.92 Å². The second-order valence-electron chi connectivity index (χ2n) is 9.81. The van der Waals surface area contributed by atoms with E-state index in [4.69, 9.17) is 11.5 Å². The highest BCUT2D eigenvalue weighted by molar-refractivity contribution is 5.94. The van der Waals surface area contributed by atoms with E-state index < -0.39 is 54.0 Å². The molecule has 1 aromatic heterocycles. The summed E-state index contributed by atoms with van der Waals surface area (Å²) >= 11 is 0. The maximum absolute atomic E-state index is 13.2. The number of hydrogen-bond acceptors (Lipinski definition) is 7. The van der Waals surface area contributed by atoms with Gasteiger partial charge in [0.25, 0.3) is 0 Å². The van der Waals surface area contributed by atoms with Gasteiger partial charge >= 0.3 is 5.97 Å². The summed E-state index contributed by atoms with van der Waals surface area (Å²) in [7, 11) is 0. The number of aromatic nitrogens is 1. The van der Waals surface area contributed by atoms with Gasteiger partial charge < -0.3 is 42.6 Å². The van der Waals surface area contributed by atoms with Crippen molar-refractivity contribution in [1.29, 1.82) is 0 Å². The summed E-state index contributed by atoms with van der Waals surface area (Å²) in [5.41, 5.74) is 13.5. The number of carbonyl (C=O) groups is 4. The normalized spacial score (nSPS) is 15.3. The third-order valence-corrected chi connectivity index (χ3v) is 6.32. The van der Waals surface area contributed by atoms with Crippen molar-refractivity contribution < 1.29 is 29.4 Å². The number of carbonyl (C=O) groups excluding carboxylic acids is 3. The lowest BCUT2D eigenvalue weighted by Crippen LogP contribution is -2.59. The lowest BCUT2D eigenvalue weighted by atomic mass is 10.00. The second-order valence-corrected chi connectivity index (χ2v) is 9.81. The van der Waals surface area contributed by atoms with Crippen molar-refractivity contribution in [2.45, 2.75) is 76.7 Å². The molecule has 0 saturated heterocycles. The van der Waals surface area contributed by atoms with Gasteiger partial charge in [-0.1, -0.05) is 32.0 Å². The number of benzene rings is 1. The number of aliphatic hydroxyl groups is 1. The Balaban J connectivity index is 2.10. The number of aliphatic hydroxyl groups excluding tert-OH is 1. The summed E-state index contributed by atoms with van der Waals surface area (Å²) in [4.78, 5) is 53.5. The first-order valence-corrected chi connectivity index (χ1v) is 12.8. The number of H-pyrrole nitrogens is 1. The van der Waals surface area contributed by atoms with Crippen LogP contribution in [0, 0.1) is 5.92 Å². The fraction of sp³-hybridized carbons (Fsp3) is 0.538. The minimum atomic E-state index is -1.54. The molecule has 0 fully saturated rings. The van der Waals surface area contributed by atoms with Crippen molar-refractivity contribution in [2.24, 2.45) is 17.4 Å². The van der Waals surface area contributed by atoms with Crippen LogP contribution < -0.4 is 27.4 Å². The number of amides is 3. The van der Waals surface area contributed by atoms with E-state index >= 15 is 0 Å². The highest BCUT2D eigenvalue weighted by Gasteiger charge is 2.32. The van der Waals surface area contributed by atoms with Crippen molar-refractivity contribution in [3.8, 4) is 0 Å². The van der Waals surface area contributed by atoms with Gasteiger partial charge in [0.1, 0.15) is 12.1 Å². The molecule has 0 aliphatic carbocycles. The van der Waals surface area contributed by atoms with Gasteiger partial charge in [-0.25, -0.2) is 4.79 Å². The predicted octanol–water partition coefficient (Wildman–Crippen LogP) is -0.257. The Morgan fingerprint density at radius 2 is 1.61 bits per heavy atom. The Hall–Kier alpha value is -3.48. The number of carboxylic acids is 1. The largest absolute Gasteiger partial charge is 0.480 e. The van der Waals surface area contributed by atoms with Gasteiger partial charge in [0.2, 0.25) is 17.7 Å². The van der Waals surface area contributed by atoms with Gasteiger partial charge in [0.05, 0.1) is 12.1 Å². The average molecular weight is 533 g/mol. The maximum Gasteiger partial charge on any atom is 0.328 e. The standard InChI is InChI=1S/C26H40N6O6/c1-14(2)21(31-23(34)18(28)12-16-13-29-19-9-5-4-8-17(16)19)25(36)30-20(10-6-7-11-27)24(35)32-22(15(3)33)26(37)38/h4-5,8-9,13-15,18,20-22,29,33H,6-7,10-12,27-28H2,1-3H3,(H,30,36)(H,31,34)(H,32,35)(H,37,38). The Morgan fingerprint density at radius 1 is 0.947 bits per heavy atom. The van der Waals surface area contributed by atoms with E-state index in [-0.39, 0.29) is 18.8 Å². The molecule has 210 valence electrons. The molecule has 0 saturated carbocycles. The van der Waals surface area contributed by atoms with Crippen LogP contribution in [0.15, 0.2) is 30.5 Å². The molecule has 12 nitrogen and oxygen atoms in total. The number of aromatic amines is 1. The number of hydrogen-bond donors (Lipinski definition) is 8. The summed E-state index contributed by atoms with van der Waals surface area (Å²) in [6, 6.07) is 3.10. The van der Waals surface area contributed by atoms with Crippen LogP contribution in [0.1, 0.15) is 45.6 Å². The van der Waals surface area contributed by atoms with E-state index in [1.807, 2.05) is 24.3 Å². The molecule has 0 aliphatic rings. The summed E-state index contributed by atoms with van der Waals surface area (Å²) in [6.07, 6.45) is 1.98. The molecule has 1 aromatic carbocycles. The van der Waals surface area contributed by atoms with Crippen molar-refractivity contribution in [3.05, 3.63) is 36.0 Å². The number of rotatable bonds is 15. The number of fused-ring (bicyclic) bond motifs is 1. The van der Waals surface area contributed by atoms with Crippen molar-refractivity contribution >= 4 is 34.6 Å². The van der Waals surface area contributed by atoms with Gasteiger partial charge in [-0.3, -0.25) is 14.4 Å². The quantitative estimate of drug-likeness (QED) is 0.143. The minimum Gasteiger partial charge on any atom is -0.480 e. The van der Waals surface area contributed by atoms with Gasteiger partial charge in [-0.05, 0) is 56.7 Å². The van der Waals surface area contributed by atoms with Crippen LogP contribution in [-0.4, -0.2) is 75.7 Å². The van der Waals surface area contributed by atoms with E-state index in [1.54, 1.807) is 20.0 Å². The maximum atomic E-state index is 13.2. The molecule has 12 heteroatoms. The Morgan fingerprint density at radius 3 is 2.21 bits per heavy atom. The zero-order valence-corrected chi connectivity index (χ0v) is 22.1. The second kappa shape index (κ2) is 14.5. The predicted molar refractivity (Wildman–Crippen MR) is 143 cm³/mol. The molecule has 38 heavy (non-hydrogen) atoms. The third kappa shape index (κ3) is 8.54. The number of unbranched alkanes of at least 4 members (excludes halogenated alkanes) is 1. The number of nitrogens with one attached hydrogen (secondary N) is 4. The average Bonchev–Trinajstić information content (AvgIpc) is 3.26. The van der Waals surface area contributed by atoms with Crippen molar-refractivity contribution in [1.82, 2.24) is 20.9 Å². The van der Waals surface area contributed by atoms with Gasteiger partial charge in [-0.2, -0.15) is 0 Å². The molecule has 0 bridgehead atoms. The Bertz CT molecular complexity index is 1100. The Labute approximate surface area is 221 Å². The van der Waals surface area contributed by atoms with Gasteiger partial charge in [0.15, 0.2) is 6.04 Å². The fourth-order valence-electron chi connectivity index (χ4n) is 4.09. The van der Waals surface area contributed by atoms with Crippen LogP contribution in [0.5, 0.6) is 0 Å². The number of aliphatic carboxylic acids is 1. The van der Waals surface area contributed by atoms with Crippen LogP contribution in [-0.2, 0) is 25.6 Å². The molecule has 0 spiro atoms. The van der Waals surface area contributed by atoms with E-state index in [2.05, 4.69) is 20.9 Å². The summed E-state index contributed by atoms with van der Waals surface area (Å²) < 4.78 is 0. The smallest absolute Gasteiger partial charge is 0.328 e. The molecular weight excluding hydrogens is 492 g/mol. The van der Waals surface area contributed by atoms with E-state index in [0.717, 1.165) is 16.5 Å². The topological polar surface area (TPSA) is 213 Å².